The van der Waals surface area contributed by atoms with E-state index in [0.29, 0.717) is 5.56 Å². The fourth-order valence-electron chi connectivity index (χ4n) is 2.08. The highest BCUT2D eigenvalue weighted by atomic mass is 16.5. The Kier molecular flexibility index (Phi) is 3.93. The van der Waals surface area contributed by atoms with E-state index in [-0.39, 0.29) is 11.4 Å². The van der Waals surface area contributed by atoms with E-state index >= 15 is 0 Å². The Labute approximate surface area is 120 Å². The number of rotatable bonds is 2. The summed E-state index contributed by atoms with van der Waals surface area (Å²) in [6, 6.07) is 16.0. The normalized spacial score (nSPS) is 11.2. The maximum absolute atomic E-state index is 11.4. The smallest absolute Gasteiger partial charge is 0.337 e. The second kappa shape index (κ2) is 5.49. The quantitative estimate of drug-likeness (QED) is 0.753. The third kappa shape index (κ3) is 3.08. The molecule has 20 heavy (non-hydrogen) atoms. The van der Waals surface area contributed by atoms with Gasteiger partial charge in [-0.3, -0.25) is 0 Å². The van der Waals surface area contributed by atoms with E-state index in [1.54, 1.807) is 12.1 Å². The molecule has 2 aromatic carbocycles. The molecule has 0 aliphatic carbocycles. The number of carbonyl (C=O) groups is 1. The predicted octanol–water partition coefficient (Wildman–Crippen LogP) is 4.44. The molecular weight excluding hydrogens is 248 g/mol. The fraction of sp³-hybridized carbons (Fsp3) is 0.278. The predicted molar refractivity (Wildman–Crippen MR) is 81.9 cm³/mol. The second-order valence-electron chi connectivity index (χ2n) is 5.90. The largest absolute Gasteiger partial charge is 0.465 e. The van der Waals surface area contributed by atoms with Crippen molar-refractivity contribution >= 4 is 5.97 Å². The summed E-state index contributed by atoms with van der Waals surface area (Å²) in [5.41, 5.74) is 4.26. The van der Waals surface area contributed by atoms with Gasteiger partial charge in [0.1, 0.15) is 0 Å². The Balaban J connectivity index is 2.35. The molecule has 0 N–H and O–H groups in total. The molecule has 0 bridgehead atoms. The number of methoxy groups -OCH3 is 1. The van der Waals surface area contributed by atoms with Gasteiger partial charge >= 0.3 is 5.97 Å². The number of hydrogen-bond acceptors (Lipinski definition) is 2. The zero-order chi connectivity index (χ0) is 14.8. The standard InChI is InChI=1S/C18H20O2/c1-18(2,3)16-7-5-6-15(12-16)13-8-10-14(11-9-13)17(19)20-4/h5-12H,1-4H3. The average Bonchev–Trinajstić information content (AvgIpc) is 2.46. The first-order chi connectivity index (χ1) is 9.41. The Morgan fingerprint density at radius 1 is 0.950 bits per heavy atom. The van der Waals surface area contributed by atoms with Gasteiger partial charge in [-0.2, -0.15) is 0 Å². The number of hydrogen-bond donors (Lipinski definition) is 0. The molecule has 0 heterocycles. The molecule has 0 atom stereocenters. The molecule has 2 nitrogen and oxygen atoms in total. The van der Waals surface area contributed by atoms with E-state index in [0.717, 1.165) is 11.1 Å². The fourth-order valence-corrected chi connectivity index (χ4v) is 2.08. The van der Waals surface area contributed by atoms with Crippen LogP contribution >= 0.6 is 0 Å². The maximum Gasteiger partial charge on any atom is 0.337 e. The van der Waals surface area contributed by atoms with Crippen molar-refractivity contribution in [2.24, 2.45) is 0 Å². The van der Waals surface area contributed by atoms with Gasteiger partial charge in [-0.25, -0.2) is 4.79 Å². The highest BCUT2D eigenvalue weighted by Gasteiger charge is 2.14. The van der Waals surface area contributed by atoms with Crippen LogP contribution in [-0.4, -0.2) is 13.1 Å². The van der Waals surface area contributed by atoms with Crippen LogP contribution in [-0.2, 0) is 10.2 Å². The van der Waals surface area contributed by atoms with E-state index in [1.807, 2.05) is 12.1 Å². The Bertz CT molecular complexity index is 604. The minimum atomic E-state index is -0.306. The monoisotopic (exact) mass is 268 g/mol. The van der Waals surface area contributed by atoms with Crippen molar-refractivity contribution in [2.45, 2.75) is 26.2 Å². The molecule has 0 unspecified atom stereocenters. The average molecular weight is 268 g/mol. The summed E-state index contributed by atoms with van der Waals surface area (Å²) in [6.07, 6.45) is 0. The van der Waals surface area contributed by atoms with E-state index < -0.39 is 0 Å². The van der Waals surface area contributed by atoms with E-state index in [9.17, 15) is 4.79 Å². The van der Waals surface area contributed by atoms with Crippen molar-refractivity contribution < 1.29 is 9.53 Å². The summed E-state index contributed by atoms with van der Waals surface area (Å²) in [5, 5.41) is 0. The SMILES string of the molecule is COC(=O)c1ccc(-c2cccc(C(C)(C)C)c2)cc1. The highest BCUT2D eigenvalue weighted by Crippen LogP contribution is 2.27. The summed E-state index contributed by atoms with van der Waals surface area (Å²) >= 11 is 0. The van der Waals surface area contributed by atoms with Crippen molar-refractivity contribution in [1.82, 2.24) is 0 Å². The van der Waals surface area contributed by atoms with Crippen molar-refractivity contribution in [2.75, 3.05) is 7.11 Å². The van der Waals surface area contributed by atoms with Gasteiger partial charge in [0.15, 0.2) is 0 Å². The van der Waals surface area contributed by atoms with Gasteiger partial charge in [-0.15, -0.1) is 0 Å². The molecule has 0 fully saturated rings. The first-order valence-electron chi connectivity index (χ1n) is 6.71. The lowest BCUT2D eigenvalue weighted by Crippen LogP contribution is -2.10. The molecule has 0 aliphatic heterocycles. The number of benzene rings is 2. The molecule has 0 aromatic heterocycles. The van der Waals surface area contributed by atoms with Gasteiger partial charge in [-0.05, 0) is 34.2 Å². The Morgan fingerprint density at radius 3 is 2.15 bits per heavy atom. The van der Waals surface area contributed by atoms with Crippen LogP contribution in [0, 0.1) is 0 Å². The summed E-state index contributed by atoms with van der Waals surface area (Å²) in [7, 11) is 1.39. The van der Waals surface area contributed by atoms with E-state index in [2.05, 4.69) is 45.0 Å². The molecule has 2 aromatic rings. The Morgan fingerprint density at radius 2 is 1.60 bits per heavy atom. The zero-order valence-corrected chi connectivity index (χ0v) is 12.4. The van der Waals surface area contributed by atoms with Crippen molar-refractivity contribution in [3.8, 4) is 11.1 Å². The summed E-state index contributed by atoms with van der Waals surface area (Å²) in [6.45, 7) is 6.60. The first kappa shape index (κ1) is 14.3. The lowest BCUT2D eigenvalue weighted by Gasteiger charge is -2.19. The van der Waals surface area contributed by atoms with Gasteiger partial charge in [-0.1, -0.05) is 57.2 Å². The second-order valence-corrected chi connectivity index (χ2v) is 5.90. The zero-order valence-electron chi connectivity index (χ0n) is 12.4. The van der Waals surface area contributed by atoms with Crippen LogP contribution in [0.15, 0.2) is 48.5 Å². The summed E-state index contributed by atoms with van der Waals surface area (Å²) in [5.74, 6) is -0.306. The minimum Gasteiger partial charge on any atom is -0.465 e. The molecule has 0 saturated heterocycles. The van der Waals surface area contributed by atoms with Crippen LogP contribution < -0.4 is 0 Å². The molecule has 0 saturated carbocycles. The first-order valence-corrected chi connectivity index (χ1v) is 6.71. The van der Waals surface area contributed by atoms with Gasteiger partial charge in [0, 0.05) is 0 Å². The third-order valence-corrected chi connectivity index (χ3v) is 3.37. The molecular formula is C18H20O2. The number of ether oxygens (including phenoxy) is 1. The summed E-state index contributed by atoms with van der Waals surface area (Å²) < 4.78 is 4.71. The lowest BCUT2D eigenvalue weighted by molar-refractivity contribution is 0.0601. The van der Waals surface area contributed by atoms with E-state index in [4.69, 9.17) is 4.74 Å². The number of carbonyl (C=O) groups excluding carboxylic acids is 1. The van der Waals surface area contributed by atoms with Crippen molar-refractivity contribution in [1.29, 1.82) is 0 Å². The van der Waals surface area contributed by atoms with E-state index in [1.165, 1.54) is 12.7 Å². The van der Waals surface area contributed by atoms with Crippen molar-refractivity contribution in [3.63, 3.8) is 0 Å². The highest BCUT2D eigenvalue weighted by molar-refractivity contribution is 5.89. The Hall–Kier alpha value is -2.09. The molecule has 0 spiro atoms. The maximum atomic E-state index is 11.4. The van der Waals surface area contributed by atoms with Gasteiger partial charge < -0.3 is 4.74 Å². The van der Waals surface area contributed by atoms with Gasteiger partial charge in [0.25, 0.3) is 0 Å². The van der Waals surface area contributed by atoms with Gasteiger partial charge in [0.2, 0.25) is 0 Å². The lowest BCUT2D eigenvalue weighted by atomic mass is 9.85. The minimum absolute atomic E-state index is 0.127. The molecule has 0 radical (unpaired) electrons. The molecule has 0 aliphatic rings. The van der Waals surface area contributed by atoms with Crippen LogP contribution in [0.5, 0.6) is 0 Å². The topological polar surface area (TPSA) is 26.3 Å². The van der Waals surface area contributed by atoms with Crippen LogP contribution in [0.1, 0.15) is 36.7 Å². The molecule has 2 rings (SSSR count). The van der Waals surface area contributed by atoms with Crippen LogP contribution in [0.25, 0.3) is 11.1 Å². The molecule has 0 amide bonds. The van der Waals surface area contributed by atoms with Crippen LogP contribution in [0.2, 0.25) is 0 Å². The molecule has 2 heteroatoms. The summed E-state index contributed by atoms with van der Waals surface area (Å²) in [4.78, 5) is 11.4. The van der Waals surface area contributed by atoms with Crippen LogP contribution in [0.3, 0.4) is 0 Å². The van der Waals surface area contributed by atoms with Crippen LogP contribution in [0.4, 0.5) is 0 Å². The third-order valence-electron chi connectivity index (χ3n) is 3.37. The van der Waals surface area contributed by atoms with Crippen molar-refractivity contribution in [3.05, 3.63) is 59.7 Å². The number of esters is 1. The van der Waals surface area contributed by atoms with Gasteiger partial charge in [0.05, 0.1) is 12.7 Å². The molecule has 104 valence electrons.